The molecule has 0 aliphatic rings. The van der Waals surface area contributed by atoms with Crippen LogP contribution in [-0.4, -0.2) is 28.8 Å². The zero-order valence-electron chi connectivity index (χ0n) is 12.2. The van der Waals surface area contributed by atoms with Crippen molar-refractivity contribution in [3.63, 3.8) is 0 Å². The van der Waals surface area contributed by atoms with Crippen molar-refractivity contribution < 1.29 is 19.4 Å². The van der Waals surface area contributed by atoms with Gasteiger partial charge in [-0.15, -0.1) is 0 Å². The lowest BCUT2D eigenvalue weighted by Gasteiger charge is -2.22. The quantitative estimate of drug-likeness (QED) is 0.884. The minimum absolute atomic E-state index is 0.111. The Bertz CT molecular complexity index is 553. The Morgan fingerprint density at radius 3 is 2.33 bits per heavy atom. The Morgan fingerprint density at radius 1 is 1.33 bits per heavy atom. The standard InChI is InChI=1S/C15H18N2O4/c1-15(2,3)21-14(20)17-12(13(18)19)8-10-4-6-11(9-16)7-5-10/h4-7,12H,8H2,1-3H3,(H,17,20)(H,18,19)/t12-/m1/s1. The molecule has 0 aromatic heterocycles. The molecule has 0 saturated heterocycles. The lowest BCUT2D eigenvalue weighted by molar-refractivity contribution is -0.139. The highest BCUT2D eigenvalue weighted by atomic mass is 16.6. The first-order chi connectivity index (χ1) is 9.71. The number of nitrogens with zero attached hydrogens (tertiary/aromatic N) is 1. The Balaban J connectivity index is 2.72. The molecule has 0 spiro atoms. The average Bonchev–Trinajstić information content (AvgIpc) is 2.36. The summed E-state index contributed by atoms with van der Waals surface area (Å²) in [6.45, 7) is 5.09. The van der Waals surface area contributed by atoms with Crippen LogP contribution in [0.1, 0.15) is 31.9 Å². The molecule has 112 valence electrons. The zero-order valence-corrected chi connectivity index (χ0v) is 12.2. The number of nitrogens with one attached hydrogen (secondary N) is 1. The largest absolute Gasteiger partial charge is 0.480 e. The van der Waals surface area contributed by atoms with Crippen LogP contribution in [0.3, 0.4) is 0 Å². The molecule has 1 aromatic carbocycles. The normalized spacial score (nSPS) is 12.1. The maximum Gasteiger partial charge on any atom is 0.408 e. The summed E-state index contributed by atoms with van der Waals surface area (Å²) in [4.78, 5) is 22.8. The predicted molar refractivity (Wildman–Crippen MR) is 75.7 cm³/mol. The highest BCUT2D eigenvalue weighted by Gasteiger charge is 2.24. The van der Waals surface area contributed by atoms with Crippen molar-refractivity contribution >= 4 is 12.1 Å². The molecule has 0 bridgehead atoms. The second-order valence-corrected chi connectivity index (χ2v) is 5.55. The van der Waals surface area contributed by atoms with E-state index >= 15 is 0 Å². The number of amides is 1. The van der Waals surface area contributed by atoms with Crippen LogP contribution in [0.15, 0.2) is 24.3 Å². The maximum absolute atomic E-state index is 11.6. The molecule has 1 rings (SSSR count). The maximum atomic E-state index is 11.6. The molecule has 0 aliphatic heterocycles. The van der Waals surface area contributed by atoms with Crippen LogP contribution in [0.5, 0.6) is 0 Å². The van der Waals surface area contributed by atoms with Gasteiger partial charge in [-0.2, -0.15) is 5.26 Å². The first-order valence-corrected chi connectivity index (χ1v) is 6.42. The molecule has 0 radical (unpaired) electrons. The van der Waals surface area contributed by atoms with Gasteiger partial charge in [-0.05, 0) is 38.5 Å². The van der Waals surface area contributed by atoms with Gasteiger partial charge in [-0.3, -0.25) is 0 Å². The van der Waals surface area contributed by atoms with Gasteiger partial charge in [-0.1, -0.05) is 12.1 Å². The Kier molecular flexibility index (Phi) is 5.30. The molecular formula is C15H18N2O4. The molecule has 0 unspecified atom stereocenters. The van der Waals surface area contributed by atoms with Gasteiger partial charge in [0.15, 0.2) is 0 Å². The minimum atomic E-state index is -1.15. The van der Waals surface area contributed by atoms with E-state index in [4.69, 9.17) is 15.1 Å². The fourth-order valence-electron chi connectivity index (χ4n) is 1.60. The Morgan fingerprint density at radius 2 is 1.90 bits per heavy atom. The van der Waals surface area contributed by atoms with Crippen LogP contribution in [-0.2, 0) is 16.0 Å². The van der Waals surface area contributed by atoms with Crippen LogP contribution in [0.25, 0.3) is 0 Å². The summed E-state index contributed by atoms with van der Waals surface area (Å²) >= 11 is 0. The first kappa shape index (κ1) is 16.5. The third kappa shape index (κ3) is 5.95. The lowest BCUT2D eigenvalue weighted by Crippen LogP contribution is -2.44. The van der Waals surface area contributed by atoms with Gasteiger partial charge >= 0.3 is 12.1 Å². The lowest BCUT2D eigenvalue weighted by atomic mass is 10.0. The molecule has 0 aliphatic carbocycles. The Labute approximate surface area is 123 Å². The Hall–Kier alpha value is -2.55. The van der Waals surface area contributed by atoms with Crippen LogP contribution in [0, 0.1) is 11.3 Å². The van der Waals surface area contributed by atoms with Crippen molar-refractivity contribution in [3.05, 3.63) is 35.4 Å². The molecular weight excluding hydrogens is 272 g/mol. The van der Waals surface area contributed by atoms with E-state index in [-0.39, 0.29) is 6.42 Å². The second-order valence-electron chi connectivity index (χ2n) is 5.55. The van der Waals surface area contributed by atoms with Gasteiger partial charge in [0.1, 0.15) is 11.6 Å². The fraction of sp³-hybridized carbons (Fsp3) is 0.400. The van der Waals surface area contributed by atoms with Gasteiger partial charge in [-0.25, -0.2) is 9.59 Å². The van der Waals surface area contributed by atoms with Crippen molar-refractivity contribution in [1.82, 2.24) is 5.32 Å². The van der Waals surface area contributed by atoms with E-state index in [1.807, 2.05) is 6.07 Å². The number of alkyl carbamates (subject to hydrolysis) is 1. The number of carboxylic acid groups (broad SMARTS) is 1. The zero-order chi connectivity index (χ0) is 16.0. The summed E-state index contributed by atoms with van der Waals surface area (Å²) < 4.78 is 5.04. The fourth-order valence-corrected chi connectivity index (χ4v) is 1.60. The van der Waals surface area contributed by atoms with Crippen LogP contribution in [0.4, 0.5) is 4.79 Å². The van der Waals surface area contributed by atoms with Crippen LogP contribution < -0.4 is 5.32 Å². The van der Waals surface area contributed by atoms with Gasteiger partial charge in [0.2, 0.25) is 0 Å². The summed E-state index contributed by atoms with van der Waals surface area (Å²) in [6.07, 6.45) is -0.663. The van der Waals surface area contributed by atoms with E-state index in [1.165, 1.54) is 0 Å². The SMILES string of the molecule is CC(C)(C)OC(=O)N[C@H](Cc1ccc(C#N)cc1)C(=O)O. The average molecular weight is 290 g/mol. The summed E-state index contributed by atoms with van der Waals surface area (Å²) in [5.41, 5.74) is 0.505. The third-order valence-electron chi connectivity index (χ3n) is 2.51. The number of hydrogen-bond donors (Lipinski definition) is 2. The van der Waals surface area contributed by atoms with Crippen molar-refractivity contribution in [2.45, 2.75) is 38.8 Å². The molecule has 0 fully saturated rings. The summed E-state index contributed by atoms with van der Waals surface area (Å²) in [6, 6.07) is 7.41. The predicted octanol–water partition coefficient (Wildman–Crippen LogP) is 2.08. The summed E-state index contributed by atoms with van der Waals surface area (Å²) in [5.74, 6) is -1.15. The van der Waals surface area contributed by atoms with Gasteiger partial charge < -0.3 is 15.2 Å². The molecule has 0 saturated carbocycles. The highest BCUT2D eigenvalue weighted by Crippen LogP contribution is 2.09. The smallest absolute Gasteiger partial charge is 0.408 e. The number of hydrogen-bond acceptors (Lipinski definition) is 4. The number of ether oxygens (including phenoxy) is 1. The van der Waals surface area contributed by atoms with Crippen LogP contribution >= 0.6 is 0 Å². The summed E-state index contributed by atoms with van der Waals surface area (Å²) in [5, 5.41) is 20.2. The molecule has 1 atom stereocenters. The summed E-state index contributed by atoms with van der Waals surface area (Å²) in [7, 11) is 0. The van der Waals surface area contributed by atoms with E-state index in [0.29, 0.717) is 11.1 Å². The third-order valence-corrected chi connectivity index (χ3v) is 2.51. The van der Waals surface area contributed by atoms with Gasteiger partial charge in [0.05, 0.1) is 11.6 Å². The number of rotatable bonds is 4. The van der Waals surface area contributed by atoms with E-state index in [9.17, 15) is 9.59 Å². The van der Waals surface area contributed by atoms with E-state index in [2.05, 4.69) is 5.32 Å². The molecule has 6 nitrogen and oxygen atoms in total. The molecule has 6 heteroatoms. The van der Waals surface area contributed by atoms with Crippen molar-refractivity contribution in [3.8, 4) is 6.07 Å². The number of nitriles is 1. The van der Waals surface area contributed by atoms with Crippen molar-refractivity contribution in [1.29, 1.82) is 5.26 Å². The molecule has 0 heterocycles. The monoisotopic (exact) mass is 290 g/mol. The molecule has 1 aromatic rings. The van der Waals surface area contributed by atoms with E-state index < -0.39 is 23.7 Å². The van der Waals surface area contributed by atoms with Crippen molar-refractivity contribution in [2.24, 2.45) is 0 Å². The molecule has 21 heavy (non-hydrogen) atoms. The van der Waals surface area contributed by atoms with Gasteiger partial charge in [0.25, 0.3) is 0 Å². The van der Waals surface area contributed by atoms with E-state index in [0.717, 1.165) is 0 Å². The van der Waals surface area contributed by atoms with Crippen LogP contribution in [0.2, 0.25) is 0 Å². The number of benzene rings is 1. The number of carbonyl (C=O) groups excluding carboxylic acids is 1. The van der Waals surface area contributed by atoms with Gasteiger partial charge in [0, 0.05) is 6.42 Å². The topological polar surface area (TPSA) is 99.4 Å². The first-order valence-electron chi connectivity index (χ1n) is 6.42. The minimum Gasteiger partial charge on any atom is -0.480 e. The molecule has 2 N–H and O–H groups in total. The number of carbonyl (C=O) groups is 2. The van der Waals surface area contributed by atoms with Crippen molar-refractivity contribution in [2.75, 3.05) is 0 Å². The second kappa shape index (κ2) is 6.75. The number of carboxylic acids is 1. The number of aliphatic carboxylic acids is 1. The highest BCUT2D eigenvalue weighted by molar-refractivity contribution is 5.80. The van der Waals surface area contributed by atoms with E-state index in [1.54, 1.807) is 45.0 Å². The molecule has 1 amide bonds.